The van der Waals surface area contributed by atoms with Gasteiger partial charge < -0.3 is 5.11 Å². The third-order valence-corrected chi connectivity index (χ3v) is 4.00. The Morgan fingerprint density at radius 1 is 0.913 bits per heavy atom. The largest absolute Gasteiger partial charge is 0.481 e. The first-order valence-electron chi connectivity index (χ1n) is 9.13. The molecule has 0 aliphatic rings. The number of rotatable bonds is 16. The fraction of sp³-hybridized carbons (Fsp3) is 0.833. The second-order valence-electron chi connectivity index (χ2n) is 6.17. The third-order valence-electron chi connectivity index (χ3n) is 4.00. The number of unbranched alkanes of at least 4 members (excludes halogenated alkanes) is 10. The fourth-order valence-corrected chi connectivity index (χ4v) is 2.59. The molecule has 0 amide bonds. The minimum Gasteiger partial charge on any atom is -0.481 e. The third kappa shape index (κ3) is 15.3. The molecule has 0 aliphatic heterocycles. The second-order valence-corrected chi connectivity index (χ2v) is 6.17. The van der Waals surface area contributed by atoms with Gasteiger partial charge in [0.15, 0.2) is 0 Å². The molecule has 0 bridgehead atoms. The van der Waals surface area contributed by atoms with E-state index in [1.165, 1.54) is 51.4 Å². The summed E-state index contributed by atoms with van der Waals surface area (Å²) in [5, 5.41) is 19.4. The molecule has 0 radical (unpaired) electrons. The molecule has 0 atom stereocenters. The summed E-state index contributed by atoms with van der Waals surface area (Å²) in [7, 11) is 0. The van der Waals surface area contributed by atoms with Crippen molar-refractivity contribution < 1.29 is 14.8 Å². The summed E-state index contributed by atoms with van der Waals surface area (Å²) in [4.78, 5) is 20.9. The summed E-state index contributed by atoms with van der Waals surface area (Å²) < 4.78 is 0. The second kappa shape index (κ2) is 15.5. The monoisotopic (exact) mass is 327 g/mol. The average molecular weight is 327 g/mol. The summed E-state index contributed by atoms with van der Waals surface area (Å²) >= 11 is 0. The highest BCUT2D eigenvalue weighted by atomic mass is 16.6. The van der Waals surface area contributed by atoms with Crippen molar-refractivity contribution in [3.05, 3.63) is 21.9 Å². The van der Waals surface area contributed by atoms with Crippen LogP contribution in [0.2, 0.25) is 0 Å². The van der Waals surface area contributed by atoms with Crippen LogP contribution in [-0.2, 0) is 4.79 Å². The van der Waals surface area contributed by atoms with Crippen LogP contribution in [0.3, 0.4) is 0 Å². The number of aliphatic carboxylic acids is 1. The highest BCUT2D eigenvalue weighted by Crippen LogP contribution is 2.14. The van der Waals surface area contributed by atoms with E-state index in [4.69, 9.17) is 5.11 Å². The minimum absolute atomic E-state index is 0.0105. The predicted molar refractivity (Wildman–Crippen MR) is 93.0 cm³/mol. The van der Waals surface area contributed by atoms with Crippen molar-refractivity contribution in [1.82, 2.24) is 0 Å². The van der Waals surface area contributed by atoms with Crippen LogP contribution >= 0.6 is 0 Å². The Kier molecular flexibility index (Phi) is 14.6. The van der Waals surface area contributed by atoms with Crippen molar-refractivity contribution in [1.29, 1.82) is 0 Å². The van der Waals surface area contributed by atoms with Gasteiger partial charge >= 0.3 is 5.97 Å². The first-order chi connectivity index (χ1) is 11.1. The summed E-state index contributed by atoms with van der Waals surface area (Å²) in [6, 6.07) is 0. The molecule has 0 unspecified atom stereocenters. The van der Waals surface area contributed by atoms with E-state index in [1.807, 2.05) is 0 Å². The lowest BCUT2D eigenvalue weighted by atomic mass is 10.1. The zero-order valence-electron chi connectivity index (χ0n) is 14.6. The molecule has 0 rings (SSSR count). The molecule has 0 heterocycles. The number of nitrogens with zero attached hydrogens (tertiary/aromatic N) is 1. The standard InChI is InChI=1S/C18H33NO4/c1-2-3-4-5-6-7-8-9-10-11-12-14-17(19(22)23)15-13-16-18(20)21/h14H,2-13,15-16H2,1H3,(H,20,21)/b17-14+. The van der Waals surface area contributed by atoms with Crippen LogP contribution in [0.25, 0.3) is 0 Å². The van der Waals surface area contributed by atoms with Crippen molar-refractivity contribution in [2.75, 3.05) is 0 Å². The molecule has 23 heavy (non-hydrogen) atoms. The molecule has 1 N–H and O–H groups in total. The average Bonchev–Trinajstić information content (AvgIpc) is 2.50. The SMILES string of the molecule is CCCCCCCCCCCC/C=C(\CCCC(=O)O)[N+](=O)[O-]. The van der Waals surface area contributed by atoms with E-state index in [9.17, 15) is 14.9 Å². The van der Waals surface area contributed by atoms with E-state index >= 15 is 0 Å². The molecule has 0 saturated heterocycles. The molecule has 0 spiro atoms. The normalized spacial score (nSPS) is 11.6. The molecular weight excluding hydrogens is 294 g/mol. The topological polar surface area (TPSA) is 80.4 Å². The maximum Gasteiger partial charge on any atom is 0.303 e. The Hall–Kier alpha value is -1.39. The van der Waals surface area contributed by atoms with Gasteiger partial charge in [-0.05, 0) is 25.3 Å². The summed E-state index contributed by atoms with van der Waals surface area (Å²) in [6.45, 7) is 2.23. The molecule has 5 nitrogen and oxygen atoms in total. The molecular formula is C18H33NO4. The van der Waals surface area contributed by atoms with Gasteiger partial charge in [0.2, 0.25) is 5.70 Å². The van der Waals surface area contributed by atoms with Gasteiger partial charge in [0.1, 0.15) is 0 Å². The summed E-state index contributed by atoms with van der Waals surface area (Å²) in [5.41, 5.74) is 0.169. The van der Waals surface area contributed by atoms with Crippen molar-refractivity contribution >= 4 is 5.97 Å². The van der Waals surface area contributed by atoms with Crippen LogP contribution in [0, 0.1) is 10.1 Å². The Balaban J connectivity index is 3.60. The number of nitro groups is 1. The zero-order valence-corrected chi connectivity index (χ0v) is 14.6. The number of carbonyl (C=O) groups is 1. The van der Waals surface area contributed by atoms with Crippen molar-refractivity contribution in [3.8, 4) is 0 Å². The lowest BCUT2D eigenvalue weighted by Gasteiger charge is -2.01. The smallest absolute Gasteiger partial charge is 0.303 e. The van der Waals surface area contributed by atoms with Gasteiger partial charge in [-0.3, -0.25) is 14.9 Å². The maximum atomic E-state index is 10.9. The lowest BCUT2D eigenvalue weighted by molar-refractivity contribution is -0.428. The highest BCUT2D eigenvalue weighted by molar-refractivity contribution is 5.66. The molecule has 0 aromatic heterocycles. The molecule has 0 aliphatic carbocycles. The van der Waals surface area contributed by atoms with Crippen molar-refractivity contribution in [3.63, 3.8) is 0 Å². The first kappa shape index (κ1) is 21.6. The molecule has 0 aromatic carbocycles. The van der Waals surface area contributed by atoms with Gasteiger partial charge in [0.05, 0.1) is 4.92 Å². The Bertz CT molecular complexity index is 353. The zero-order chi connectivity index (χ0) is 17.3. The Morgan fingerprint density at radius 3 is 1.91 bits per heavy atom. The number of carboxylic acid groups (broad SMARTS) is 1. The van der Waals surface area contributed by atoms with Gasteiger partial charge in [0.25, 0.3) is 0 Å². The van der Waals surface area contributed by atoms with Crippen molar-refractivity contribution in [2.24, 2.45) is 0 Å². The van der Waals surface area contributed by atoms with Gasteiger partial charge in [0, 0.05) is 12.8 Å². The van der Waals surface area contributed by atoms with Crippen LogP contribution in [0.15, 0.2) is 11.8 Å². The van der Waals surface area contributed by atoms with E-state index in [-0.39, 0.29) is 23.5 Å². The highest BCUT2D eigenvalue weighted by Gasteiger charge is 2.10. The lowest BCUT2D eigenvalue weighted by Crippen LogP contribution is -2.01. The minimum atomic E-state index is -0.901. The van der Waals surface area contributed by atoms with Crippen LogP contribution in [0.5, 0.6) is 0 Å². The molecule has 0 fully saturated rings. The van der Waals surface area contributed by atoms with E-state index < -0.39 is 5.97 Å². The van der Waals surface area contributed by atoms with Gasteiger partial charge in [-0.1, -0.05) is 64.7 Å². The number of hydrogen-bond donors (Lipinski definition) is 1. The van der Waals surface area contributed by atoms with Gasteiger partial charge in [-0.15, -0.1) is 0 Å². The summed E-state index contributed by atoms with van der Waals surface area (Å²) in [5.74, 6) is -0.901. The molecule has 134 valence electrons. The van der Waals surface area contributed by atoms with E-state index in [2.05, 4.69) is 6.92 Å². The van der Waals surface area contributed by atoms with Crippen LogP contribution in [0.4, 0.5) is 0 Å². The number of carboxylic acids is 1. The van der Waals surface area contributed by atoms with Crippen LogP contribution < -0.4 is 0 Å². The Morgan fingerprint density at radius 2 is 1.43 bits per heavy atom. The van der Waals surface area contributed by atoms with E-state index in [1.54, 1.807) is 6.08 Å². The number of allylic oxidation sites excluding steroid dienone is 2. The quantitative estimate of drug-likeness (QED) is 0.223. The van der Waals surface area contributed by atoms with Gasteiger partial charge in [-0.25, -0.2) is 0 Å². The predicted octanol–water partition coefficient (Wildman–Crippen LogP) is 5.71. The molecule has 5 heteroatoms. The van der Waals surface area contributed by atoms with Crippen LogP contribution in [-0.4, -0.2) is 16.0 Å². The van der Waals surface area contributed by atoms with E-state index in [0.29, 0.717) is 6.42 Å². The molecule has 0 aromatic rings. The van der Waals surface area contributed by atoms with E-state index in [0.717, 1.165) is 19.3 Å². The first-order valence-corrected chi connectivity index (χ1v) is 9.13. The maximum absolute atomic E-state index is 10.9. The van der Waals surface area contributed by atoms with Gasteiger partial charge in [-0.2, -0.15) is 0 Å². The number of hydrogen-bond acceptors (Lipinski definition) is 3. The Labute approximate surface area is 140 Å². The fourth-order valence-electron chi connectivity index (χ4n) is 2.59. The van der Waals surface area contributed by atoms with Crippen LogP contribution in [0.1, 0.15) is 96.8 Å². The molecule has 0 saturated carbocycles. The summed E-state index contributed by atoms with van der Waals surface area (Å²) in [6.07, 6.45) is 15.5. The van der Waals surface area contributed by atoms with Crippen molar-refractivity contribution in [2.45, 2.75) is 96.8 Å².